The zero-order chi connectivity index (χ0) is 22.9. The maximum atomic E-state index is 13.1. The average molecular weight is 514 g/mol. The van der Waals surface area contributed by atoms with Crippen molar-refractivity contribution in [1.82, 2.24) is 14.1 Å². The number of carbonyl (C=O) groups excluding carboxylic acids is 1. The van der Waals surface area contributed by atoms with Gasteiger partial charge in [-0.1, -0.05) is 23.7 Å². The van der Waals surface area contributed by atoms with Gasteiger partial charge in [0.1, 0.15) is 0 Å². The third-order valence-corrected chi connectivity index (χ3v) is 8.55. The van der Waals surface area contributed by atoms with Crippen LogP contribution in [0.4, 0.5) is 0 Å². The number of halogens is 2. The van der Waals surface area contributed by atoms with Gasteiger partial charge in [-0.05, 0) is 53.8 Å². The van der Waals surface area contributed by atoms with E-state index in [0.29, 0.717) is 37.6 Å². The van der Waals surface area contributed by atoms with Crippen molar-refractivity contribution in [1.29, 1.82) is 5.41 Å². The SMILES string of the molecule is Cl.N=C(N)N1CCC(CC(=O)N2CCN(S(=O)(=O)c3ccc4cc(Cl)ccc4c3)CC2)CC1. The fourth-order valence-electron chi connectivity index (χ4n) is 4.44. The molecule has 2 aromatic rings. The van der Waals surface area contributed by atoms with Crippen LogP contribution < -0.4 is 5.73 Å². The van der Waals surface area contributed by atoms with Crippen molar-refractivity contribution in [2.24, 2.45) is 11.7 Å². The molecule has 0 aliphatic carbocycles. The quantitative estimate of drug-likeness (QED) is 0.482. The molecule has 0 aromatic heterocycles. The summed E-state index contributed by atoms with van der Waals surface area (Å²) in [5.41, 5.74) is 5.53. The Hall–Kier alpha value is -2.07. The second-order valence-corrected chi connectivity index (χ2v) is 10.8. The first-order valence-corrected chi connectivity index (χ1v) is 12.6. The molecule has 2 aromatic carbocycles. The number of carbonyl (C=O) groups is 1. The highest BCUT2D eigenvalue weighted by molar-refractivity contribution is 7.89. The summed E-state index contributed by atoms with van der Waals surface area (Å²) in [5.74, 6) is 0.444. The van der Waals surface area contributed by atoms with Crippen molar-refractivity contribution < 1.29 is 13.2 Å². The molecule has 33 heavy (non-hydrogen) atoms. The Bertz CT molecular complexity index is 1130. The summed E-state index contributed by atoms with van der Waals surface area (Å²) in [7, 11) is -3.63. The first-order valence-electron chi connectivity index (χ1n) is 10.8. The number of piperazine rings is 1. The number of guanidine groups is 1. The highest BCUT2D eigenvalue weighted by Crippen LogP contribution is 2.26. The standard InChI is InChI=1S/C22H28ClN5O3S.ClH/c23-19-3-1-18-15-20(4-2-17(18)14-19)32(30,31)28-11-9-26(10-12-28)21(29)13-16-5-7-27(8-6-16)22(24)25;/h1-4,14-16H,5-13H2,(H3,24,25);1H. The topological polar surface area (TPSA) is 111 Å². The Kier molecular flexibility index (Phi) is 8.10. The maximum absolute atomic E-state index is 13.1. The van der Waals surface area contributed by atoms with E-state index in [9.17, 15) is 13.2 Å². The number of nitrogens with one attached hydrogen (secondary N) is 1. The first kappa shape index (κ1) is 25.6. The van der Waals surface area contributed by atoms with E-state index in [2.05, 4.69) is 0 Å². The molecule has 0 radical (unpaired) electrons. The average Bonchev–Trinajstić information content (AvgIpc) is 2.79. The summed E-state index contributed by atoms with van der Waals surface area (Å²) in [6, 6.07) is 10.4. The van der Waals surface area contributed by atoms with Crippen molar-refractivity contribution in [2.45, 2.75) is 24.2 Å². The van der Waals surface area contributed by atoms with E-state index in [1.165, 1.54) is 4.31 Å². The van der Waals surface area contributed by atoms with Gasteiger partial charge in [0.25, 0.3) is 0 Å². The van der Waals surface area contributed by atoms with Crippen molar-refractivity contribution in [2.75, 3.05) is 39.3 Å². The molecule has 2 saturated heterocycles. The zero-order valence-electron chi connectivity index (χ0n) is 18.2. The molecule has 0 unspecified atom stereocenters. The van der Waals surface area contributed by atoms with E-state index in [0.717, 1.165) is 23.6 Å². The van der Waals surface area contributed by atoms with E-state index in [-0.39, 0.29) is 48.2 Å². The number of rotatable bonds is 4. The molecule has 1 amide bonds. The van der Waals surface area contributed by atoms with Crippen molar-refractivity contribution >= 4 is 56.7 Å². The number of likely N-dealkylation sites (tertiary alicyclic amines) is 1. The van der Waals surface area contributed by atoms with E-state index >= 15 is 0 Å². The van der Waals surface area contributed by atoms with Crippen LogP contribution in [0.15, 0.2) is 41.3 Å². The summed E-state index contributed by atoms with van der Waals surface area (Å²) in [6.07, 6.45) is 2.14. The molecule has 4 rings (SSSR count). The minimum Gasteiger partial charge on any atom is -0.370 e. The third-order valence-electron chi connectivity index (χ3n) is 6.42. The van der Waals surface area contributed by atoms with E-state index in [1.807, 2.05) is 17.0 Å². The summed E-state index contributed by atoms with van der Waals surface area (Å²) in [5, 5.41) is 9.82. The molecular weight excluding hydrogens is 485 g/mol. The van der Waals surface area contributed by atoms with Crippen LogP contribution in [0.3, 0.4) is 0 Å². The number of hydrogen-bond donors (Lipinski definition) is 2. The van der Waals surface area contributed by atoms with E-state index in [1.54, 1.807) is 29.2 Å². The van der Waals surface area contributed by atoms with Crippen LogP contribution in [0.25, 0.3) is 10.8 Å². The highest BCUT2D eigenvalue weighted by Gasteiger charge is 2.31. The van der Waals surface area contributed by atoms with Gasteiger partial charge in [0.15, 0.2) is 5.96 Å². The van der Waals surface area contributed by atoms with Crippen LogP contribution in [0.5, 0.6) is 0 Å². The number of fused-ring (bicyclic) bond motifs is 1. The minimum atomic E-state index is -3.63. The van der Waals surface area contributed by atoms with Crippen LogP contribution in [0.1, 0.15) is 19.3 Å². The fraction of sp³-hybridized carbons (Fsp3) is 0.455. The molecular formula is C22H29Cl2N5O3S. The Morgan fingerprint density at radius 3 is 2.21 bits per heavy atom. The number of nitrogens with two attached hydrogens (primary N) is 1. The van der Waals surface area contributed by atoms with Crippen molar-refractivity contribution in [3.8, 4) is 0 Å². The Morgan fingerprint density at radius 2 is 1.58 bits per heavy atom. The molecule has 2 heterocycles. The molecule has 0 atom stereocenters. The van der Waals surface area contributed by atoms with Gasteiger partial charge in [-0.3, -0.25) is 10.2 Å². The molecule has 0 saturated carbocycles. The molecule has 180 valence electrons. The van der Waals surface area contributed by atoms with E-state index < -0.39 is 10.0 Å². The van der Waals surface area contributed by atoms with Gasteiger partial charge in [0.05, 0.1) is 4.90 Å². The lowest BCUT2D eigenvalue weighted by Crippen LogP contribution is -2.51. The number of hydrogen-bond acceptors (Lipinski definition) is 4. The van der Waals surface area contributed by atoms with Crippen LogP contribution in [-0.4, -0.2) is 73.7 Å². The van der Waals surface area contributed by atoms with Crippen LogP contribution in [-0.2, 0) is 14.8 Å². The zero-order valence-corrected chi connectivity index (χ0v) is 20.6. The molecule has 3 N–H and O–H groups in total. The lowest BCUT2D eigenvalue weighted by molar-refractivity contribution is -0.133. The van der Waals surface area contributed by atoms with Crippen LogP contribution in [0.2, 0.25) is 5.02 Å². The molecule has 2 aliphatic rings. The lowest BCUT2D eigenvalue weighted by atomic mass is 9.93. The number of piperidine rings is 1. The van der Waals surface area contributed by atoms with Gasteiger partial charge in [0.2, 0.25) is 15.9 Å². The Morgan fingerprint density at radius 1 is 0.970 bits per heavy atom. The summed E-state index contributed by atoms with van der Waals surface area (Å²) >= 11 is 6.02. The normalized spacial score (nSPS) is 18.2. The second kappa shape index (κ2) is 10.5. The molecule has 8 nitrogen and oxygen atoms in total. The Labute approximate surface area is 205 Å². The van der Waals surface area contributed by atoms with Gasteiger partial charge < -0.3 is 15.5 Å². The fourth-order valence-corrected chi connectivity index (χ4v) is 6.07. The van der Waals surface area contributed by atoms with Crippen molar-refractivity contribution in [3.05, 3.63) is 41.4 Å². The third kappa shape index (κ3) is 5.71. The largest absolute Gasteiger partial charge is 0.370 e. The van der Waals surface area contributed by atoms with Gasteiger partial charge in [-0.15, -0.1) is 12.4 Å². The lowest BCUT2D eigenvalue weighted by Gasteiger charge is -2.36. The predicted octanol–water partition coefficient (Wildman–Crippen LogP) is 2.74. The molecule has 0 bridgehead atoms. The number of nitrogens with zero attached hydrogens (tertiary/aromatic N) is 3. The maximum Gasteiger partial charge on any atom is 0.243 e. The van der Waals surface area contributed by atoms with E-state index in [4.69, 9.17) is 22.7 Å². The smallest absolute Gasteiger partial charge is 0.243 e. The number of amides is 1. The van der Waals surface area contributed by atoms with Gasteiger partial charge >= 0.3 is 0 Å². The van der Waals surface area contributed by atoms with Crippen LogP contribution >= 0.6 is 24.0 Å². The summed E-state index contributed by atoms with van der Waals surface area (Å²) in [6.45, 7) is 2.78. The highest BCUT2D eigenvalue weighted by atomic mass is 35.5. The molecule has 11 heteroatoms. The molecule has 0 spiro atoms. The van der Waals surface area contributed by atoms with Gasteiger partial charge in [-0.25, -0.2) is 8.42 Å². The number of sulfonamides is 1. The Balaban J connectivity index is 0.00000306. The molecule has 2 aliphatic heterocycles. The number of benzene rings is 2. The summed E-state index contributed by atoms with van der Waals surface area (Å²) in [4.78, 5) is 16.6. The van der Waals surface area contributed by atoms with Crippen molar-refractivity contribution in [3.63, 3.8) is 0 Å². The molecule has 2 fully saturated rings. The first-order chi connectivity index (χ1) is 15.2. The minimum absolute atomic E-state index is 0. The van der Waals surface area contributed by atoms with Crippen LogP contribution in [0, 0.1) is 11.3 Å². The summed E-state index contributed by atoms with van der Waals surface area (Å²) < 4.78 is 27.7. The monoisotopic (exact) mass is 513 g/mol. The van der Waals surface area contributed by atoms with Gasteiger partial charge in [0, 0.05) is 50.7 Å². The second-order valence-electron chi connectivity index (χ2n) is 8.46. The van der Waals surface area contributed by atoms with Gasteiger partial charge in [-0.2, -0.15) is 4.31 Å². The predicted molar refractivity (Wildman–Crippen MR) is 132 cm³/mol.